The molecule has 128 valence electrons. The van der Waals surface area contributed by atoms with E-state index in [2.05, 4.69) is 0 Å². The molecule has 24 heavy (non-hydrogen) atoms. The first-order valence-corrected chi connectivity index (χ1v) is 8.31. The highest BCUT2D eigenvalue weighted by molar-refractivity contribution is 5.81. The van der Waals surface area contributed by atoms with Gasteiger partial charge in [0.2, 0.25) is 0 Å². The van der Waals surface area contributed by atoms with Gasteiger partial charge in [-0.2, -0.15) is 0 Å². The number of ether oxygens (including phenoxy) is 1. The largest absolute Gasteiger partial charge is 0.451 e. The molecule has 3 N–H and O–H groups in total. The molecule has 0 aromatic heterocycles. The Hall–Kier alpha value is -2.17. The quantitative estimate of drug-likeness (QED) is 0.730. The van der Waals surface area contributed by atoms with Gasteiger partial charge in [-0.1, -0.05) is 80.4 Å². The van der Waals surface area contributed by atoms with Gasteiger partial charge in [0, 0.05) is 0 Å². The van der Waals surface area contributed by atoms with Crippen molar-refractivity contribution in [1.82, 2.24) is 0 Å². The molecule has 0 amide bonds. The summed E-state index contributed by atoms with van der Waals surface area (Å²) in [4.78, 5) is 12.7. The maximum Gasteiger partial charge on any atom is 0.329 e. The molecule has 0 unspecified atom stereocenters. The van der Waals surface area contributed by atoms with E-state index in [1.165, 1.54) is 0 Å². The van der Waals surface area contributed by atoms with E-state index >= 15 is 0 Å². The van der Waals surface area contributed by atoms with E-state index in [9.17, 15) is 9.90 Å². The van der Waals surface area contributed by atoms with Crippen molar-refractivity contribution < 1.29 is 14.6 Å². The summed E-state index contributed by atoms with van der Waals surface area (Å²) in [5.41, 5.74) is 6.48. The van der Waals surface area contributed by atoms with Crippen LogP contribution in [0.1, 0.15) is 43.4 Å². The van der Waals surface area contributed by atoms with E-state index in [1.807, 2.05) is 67.6 Å². The Bertz CT molecular complexity index is 590. The molecule has 4 nitrogen and oxygen atoms in total. The minimum atomic E-state index is -1.36. The van der Waals surface area contributed by atoms with Crippen molar-refractivity contribution in [2.45, 2.75) is 37.8 Å². The predicted molar refractivity (Wildman–Crippen MR) is 94.3 cm³/mol. The fourth-order valence-corrected chi connectivity index (χ4v) is 2.55. The summed E-state index contributed by atoms with van der Waals surface area (Å²) in [6.07, 6.45) is 1.51. The number of hydrogen-bond acceptors (Lipinski definition) is 4. The molecule has 2 aromatic rings. The predicted octanol–water partition coefficient (Wildman–Crippen LogP) is 3.20. The van der Waals surface area contributed by atoms with Crippen molar-refractivity contribution in [3.05, 3.63) is 71.8 Å². The minimum Gasteiger partial charge on any atom is -0.451 e. The topological polar surface area (TPSA) is 72.5 Å². The highest BCUT2D eigenvalue weighted by atomic mass is 16.5. The molecular weight excluding hydrogens is 302 g/mol. The summed E-state index contributed by atoms with van der Waals surface area (Å²) in [6.45, 7) is 1.59. The SMILES string of the molecule is CCCC[C@@](N)(CO)C(=O)OC(c1ccccc1)c1ccccc1. The van der Waals surface area contributed by atoms with Crippen molar-refractivity contribution >= 4 is 5.97 Å². The Morgan fingerprint density at radius 1 is 1.08 bits per heavy atom. The Kier molecular flexibility index (Phi) is 6.53. The van der Waals surface area contributed by atoms with Gasteiger partial charge in [0.05, 0.1) is 6.61 Å². The van der Waals surface area contributed by atoms with Crippen LogP contribution in [-0.2, 0) is 9.53 Å². The molecule has 0 spiro atoms. The number of unbranched alkanes of at least 4 members (excludes halogenated alkanes) is 1. The molecule has 4 heteroatoms. The second-order valence-electron chi connectivity index (χ2n) is 6.02. The Balaban J connectivity index is 2.27. The van der Waals surface area contributed by atoms with Crippen LogP contribution in [-0.4, -0.2) is 23.2 Å². The van der Waals surface area contributed by atoms with Gasteiger partial charge >= 0.3 is 5.97 Å². The zero-order valence-electron chi connectivity index (χ0n) is 14.0. The van der Waals surface area contributed by atoms with Crippen LogP contribution in [0.2, 0.25) is 0 Å². The third-order valence-corrected chi connectivity index (χ3v) is 4.09. The lowest BCUT2D eigenvalue weighted by molar-refractivity contribution is -0.156. The van der Waals surface area contributed by atoms with Gasteiger partial charge in [0.25, 0.3) is 0 Å². The minimum absolute atomic E-state index is 0.398. The zero-order chi connectivity index (χ0) is 17.4. The zero-order valence-corrected chi connectivity index (χ0v) is 14.0. The number of aliphatic hydroxyl groups excluding tert-OH is 1. The monoisotopic (exact) mass is 327 g/mol. The van der Waals surface area contributed by atoms with Crippen LogP contribution in [0.4, 0.5) is 0 Å². The molecule has 0 bridgehead atoms. The van der Waals surface area contributed by atoms with Crippen LogP contribution >= 0.6 is 0 Å². The number of esters is 1. The summed E-state index contributed by atoms with van der Waals surface area (Å²) in [6, 6.07) is 19.1. The summed E-state index contributed by atoms with van der Waals surface area (Å²) >= 11 is 0. The summed E-state index contributed by atoms with van der Waals surface area (Å²) in [7, 11) is 0. The van der Waals surface area contributed by atoms with Gasteiger partial charge in [-0.3, -0.25) is 0 Å². The number of aliphatic hydroxyl groups is 1. The normalized spacial score (nSPS) is 13.5. The molecule has 2 aromatic carbocycles. The molecular formula is C20H25NO3. The van der Waals surface area contributed by atoms with Crippen LogP contribution in [0.15, 0.2) is 60.7 Å². The Morgan fingerprint density at radius 2 is 1.58 bits per heavy atom. The van der Waals surface area contributed by atoms with Gasteiger partial charge in [-0.15, -0.1) is 0 Å². The van der Waals surface area contributed by atoms with Crippen molar-refractivity contribution in [3.63, 3.8) is 0 Å². The molecule has 2 rings (SSSR count). The van der Waals surface area contributed by atoms with Crippen molar-refractivity contribution in [1.29, 1.82) is 0 Å². The number of benzene rings is 2. The van der Waals surface area contributed by atoms with Crippen LogP contribution < -0.4 is 5.73 Å². The lowest BCUT2D eigenvalue weighted by atomic mass is 9.94. The highest BCUT2D eigenvalue weighted by Crippen LogP contribution is 2.28. The molecule has 0 aliphatic heterocycles. The average molecular weight is 327 g/mol. The van der Waals surface area contributed by atoms with E-state index in [-0.39, 0.29) is 0 Å². The molecule has 0 radical (unpaired) electrons. The average Bonchev–Trinajstić information content (AvgIpc) is 2.65. The molecule has 0 heterocycles. The Morgan fingerprint density at radius 3 is 2.00 bits per heavy atom. The maximum atomic E-state index is 12.7. The first-order chi connectivity index (χ1) is 11.6. The van der Waals surface area contributed by atoms with E-state index in [4.69, 9.17) is 10.5 Å². The van der Waals surface area contributed by atoms with E-state index < -0.39 is 24.2 Å². The van der Waals surface area contributed by atoms with Crippen LogP contribution in [0, 0.1) is 0 Å². The van der Waals surface area contributed by atoms with Crippen molar-refractivity contribution in [2.24, 2.45) is 5.73 Å². The van der Waals surface area contributed by atoms with Gasteiger partial charge in [-0.25, -0.2) is 4.79 Å². The van der Waals surface area contributed by atoms with Gasteiger partial charge < -0.3 is 15.6 Å². The van der Waals surface area contributed by atoms with Crippen LogP contribution in [0.25, 0.3) is 0 Å². The lowest BCUT2D eigenvalue weighted by Crippen LogP contribution is -2.52. The highest BCUT2D eigenvalue weighted by Gasteiger charge is 2.36. The van der Waals surface area contributed by atoms with Gasteiger partial charge in [0.15, 0.2) is 6.10 Å². The van der Waals surface area contributed by atoms with E-state index in [0.717, 1.165) is 24.0 Å². The molecule has 1 atom stereocenters. The molecule has 0 saturated heterocycles. The second kappa shape index (κ2) is 8.62. The van der Waals surface area contributed by atoms with E-state index in [0.29, 0.717) is 6.42 Å². The third-order valence-electron chi connectivity index (χ3n) is 4.09. The molecule has 0 saturated carbocycles. The van der Waals surface area contributed by atoms with Crippen molar-refractivity contribution in [2.75, 3.05) is 6.61 Å². The maximum absolute atomic E-state index is 12.7. The van der Waals surface area contributed by atoms with Crippen LogP contribution in [0.5, 0.6) is 0 Å². The third kappa shape index (κ3) is 4.43. The van der Waals surface area contributed by atoms with Crippen LogP contribution in [0.3, 0.4) is 0 Å². The Labute approximate surface area is 143 Å². The number of rotatable bonds is 8. The molecule has 0 fully saturated rings. The number of nitrogens with two attached hydrogens (primary N) is 1. The standard InChI is InChI=1S/C20H25NO3/c1-2-3-14-20(21,15-22)19(23)24-18(16-10-6-4-7-11-16)17-12-8-5-9-13-17/h4-13,18,22H,2-3,14-15,21H2,1H3/t20-/m1/s1. The summed E-state index contributed by atoms with van der Waals surface area (Å²) in [5.74, 6) is -0.573. The van der Waals surface area contributed by atoms with Crippen molar-refractivity contribution in [3.8, 4) is 0 Å². The second-order valence-corrected chi connectivity index (χ2v) is 6.02. The first-order valence-electron chi connectivity index (χ1n) is 8.31. The molecule has 0 aliphatic rings. The van der Waals surface area contributed by atoms with Gasteiger partial charge in [0.1, 0.15) is 5.54 Å². The number of hydrogen-bond donors (Lipinski definition) is 2. The summed E-state index contributed by atoms with van der Waals surface area (Å²) in [5, 5.41) is 9.61. The summed E-state index contributed by atoms with van der Waals surface area (Å²) < 4.78 is 5.75. The molecule has 0 aliphatic carbocycles. The van der Waals surface area contributed by atoms with Gasteiger partial charge in [-0.05, 0) is 17.5 Å². The fourth-order valence-electron chi connectivity index (χ4n) is 2.55. The smallest absolute Gasteiger partial charge is 0.329 e. The number of carbonyl (C=O) groups is 1. The number of carbonyl (C=O) groups excluding carboxylic acids is 1. The fraction of sp³-hybridized carbons (Fsp3) is 0.350. The lowest BCUT2D eigenvalue weighted by Gasteiger charge is -2.28. The van der Waals surface area contributed by atoms with E-state index in [1.54, 1.807) is 0 Å². The first kappa shape index (κ1) is 18.2.